The molecule has 0 aromatic heterocycles. The Morgan fingerprint density at radius 2 is 1.67 bits per heavy atom. The highest BCUT2D eigenvalue weighted by Crippen LogP contribution is 2.59. The van der Waals surface area contributed by atoms with Crippen molar-refractivity contribution >= 4 is 5.97 Å². The minimum absolute atomic E-state index is 0.0155. The number of epoxide rings is 1. The smallest absolute Gasteiger partial charge is 0.306 e. The molecule has 1 unspecified atom stereocenters. The van der Waals surface area contributed by atoms with Crippen molar-refractivity contribution < 1.29 is 14.3 Å². The van der Waals surface area contributed by atoms with Gasteiger partial charge in [0.1, 0.15) is 0 Å². The van der Waals surface area contributed by atoms with Gasteiger partial charge in [-0.15, -0.1) is 0 Å². The Bertz CT molecular complexity index is 324. The molecule has 104 valence electrons. The zero-order valence-corrected chi connectivity index (χ0v) is 12.3. The standard InChI is InChI=1S/C15H26O3/c1-13(2)8-14(3,4)10-15(9-13,11-7-18-11)6-12(16)17-5/h11H,6-10H2,1-5H3. The van der Waals surface area contributed by atoms with Crippen molar-refractivity contribution in [3.63, 3.8) is 0 Å². The van der Waals surface area contributed by atoms with Gasteiger partial charge in [-0.1, -0.05) is 27.7 Å². The summed E-state index contributed by atoms with van der Waals surface area (Å²) in [6.45, 7) is 10.0. The minimum Gasteiger partial charge on any atom is -0.469 e. The molecule has 0 radical (unpaired) electrons. The van der Waals surface area contributed by atoms with Crippen molar-refractivity contribution in [2.24, 2.45) is 16.2 Å². The van der Waals surface area contributed by atoms with Crippen LogP contribution in [0.4, 0.5) is 0 Å². The summed E-state index contributed by atoms with van der Waals surface area (Å²) >= 11 is 0. The van der Waals surface area contributed by atoms with Gasteiger partial charge in [0.2, 0.25) is 0 Å². The second-order valence-corrected chi connectivity index (χ2v) is 7.80. The van der Waals surface area contributed by atoms with E-state index in [0.29, 0.717) is 6.42 Å². The van der Waals surface area contributed by atoms with Gasteiger partial charge >= 0.3 is 5.97 Å². The molecule has 1 aliphatic carbocycles. The van der Waals surface area contributed by atoms with Crippen LogP contribution in [0.2, 0.25) is 0 Å². The fourth-order valence-corrected chi connectivity index (χ4v) is 4.62. The molecule has 2 rings (SSSR count). The molecular formula is C15H26O3. The molecule has 0 spiro atoms. The maximum absolute atomic E-state index is 11.8. The Balaban J connectivity index is 2.25. The van der Waals surface area contributed by atoms with Crippen LogP contribution in [0.5, 0.6) is 0 Å². The quantitative estimate of drug-likeness (QED) is 0.573. The summed E-state index contributed by atoms with van der Waals surface area (Å²) in [5.74, 6) is -0.0981. The highest BCUT2D eigenvalue weighted by Gasteiger charge is 2.56. The van der Waals surface area contributed by atoms with E-state index in [1.165, 1.54) is 13.5 Å². The fraction of sp³-hybridized carbons (Fsp3) is 0.933. The van der Waals surface area contributed by atoms with Crippen molar-refractivity contribution in [3.05, 3.63) is 0 Å². The summed E-state index contributed by atoms with van der Waals surface area (Å²) in [4.78, 5) is 11.8. The molecule has 0 bridgehead atoms. The second-order valence-electron chi connectivity index (χ2n) is 7.80. The normalized spacial score (nSPS) is 31.7. The van der Waals surface area contributed by atoms with Gasteiger partial charge in [0.05, 0.1) is 26.2 Å². The van der Waals surface area contributed by atoms with Gasteiger partial charge in [-0.2, -0.15) is 0 Å². The molecule has 1 heterocycles. The first-order chi connectivity index (χ1) is 8.18. The van der Waals surface area contributed by atoms with E-state index in [4.69, 9.17) is 9.47 Å². The molecule has 0 amide bonds. The Kier molecular flexibility index (Phi) is 3.25. The largest absolute Gasteiger partial charge is 0.469 e. The van der Waals surface area contributed by atoms with E-state index in [-0.39, 0.29) is 28.3 Å². The van der Waals surface area contributed by atoms with Crippen LogP contribution >= 0.6 is 0 Å². The highest BCUT2D eigenvalue weighted by atomic mass is 16.6. The van der Waals surface area contributed by atoms with Gasteiger partial charge in [0, 0.05) is 5.41 Å². The Morgan fingerprint density at radius 1 is 1.17 bits per heavy atom. The average molecular weight is 254 g/mol. The van der Waals surface area contributed by atoms with E-state index in [1.54, 1.807) is 0 Å². The highest BCUT2D eigenvalue weighted by molar-refractivity contribution is 5.70. The van der Waals surface area contributed by atoms with Gasteiger partial charge in [0.25, 0.3) is 0 Å². The van der Waals surface area contributed by atoms with Crippen molar-refractivity contribution in [2.45, 2.75) is 59.5 Å². The number of carbonyl (C=O) groups excluding carboxylic acids is 1. The summed E-state index contributed by atoms with van der Waals surface area (Å²) in [7, 11) is 1.48. The molecule has 0 aromatic rings. The molecule has 1 aliphatic heterocycles. The number of carbonyl (C=O) groups is 1. The van der Waals surface area contributed by atoms with Crippen molar-refractivity contribution in [3.8, 4) is 0 Å². The predicted octanol–water partition coefficient (Wildman–Crippen LogP) is 3.17. The molecule has 1 atom stereocenters. The lowest BCUT2D eigenvalue weighted by Gasteiger charge is -2.51. The van der Waals surface area contributed by atoms with Crippen LogP contribution in [0.25, 0.3) is 0 Å². The van der Waals surface area contributed by atoms with Crippen LogP contribution in [0.3, 0.4) is 0 Å². The second kappa shape index (κ2) is 4.22. The summed E-state index contributed by atoms with van der Waals surface area (Å²) in [5.41, 5.74) is 0.516. The first kappa shape index (κ1) is 13.9. The Hall–Kier alpha value is -0.570. The zero-order chi connectivity index (χ0) is 13.6. The first-order valence-corrected chi connectivity index (χ1v) is 6.87. The van der Waals surface area contributed by atoms with E-state index < -0.39 is 0 Å². The van der Waals surface area contributed by atoms with Crippen molar-refractivity contribution in [1.29, 1.82) is 0 Å². The number of esters is 1. The van der Waals surface area contributed by atoms with E-state index in [1.807, 2.05) is 0 Å². The first-order valence-electron chi connectivity index (χ1n) is 6.87. The van der Waals surface area contributed by atoms with Gasteiger partial charge in [-0.05, 0) is 30.1 Å². The number of methoxy groups -OCH3 is 1. The van der Waals surface area contributed by atoms with Gasteiger partial charge in [-0.3, -0.25) is 4.79 Å². The maximum Gasteiger partial charge on any atom is 0.306 e. The third-order valence-electron chi connectivity index (χ3n) is 4.36. The van der Waals surface area contributed by atoms with Gasteiger partial charge in [-0.25, -0.2) is 0 Å². The van der Waals surface area contributed by atoms with E-state index in [0.717, 1.165) is 19.4 Å². The summed E-state index contributed by atoms with van der Waals surface area (Å²) in [6.07, 6.45) is 4.08. The molecule has 2 aliphatic rings. The van der Waals surface area contributed by atoms with Crippen LogP contribution in [0.1, 0.15) is 53.4 Å². The third kappa shape index (κ3) is 2.87. The molecule has 3 heteroatoms. The van der Waals surface area contributed by atoms with Crippen LogP contribution < -0.4 is 0 Å². The lowest BCUT2D eigenvalue weighted by Crippen LogP contribution is -2.45. The van der Waals surface area contributed by atoms with Gasteiger partial charge in [0.15, 0.2) is 0 Å². The molecule has 2 fully saturated rings. The lowest BCUT2D eigenvalue weighted by atomic mass is 9.53. The number of ether oxygens (including phenoxy) is 2. The molecular weight excluding hydrogens is 228 g/mol. The minimum atomic E-state index is -0.0981. The number of hydrogen-bond donors (Lipinski definition) is 0. The molecule has 0 aromatic carbocycles. The summed E-state index contributed by atoms with van der Waals surface area (Å²) < 4.78 is 10.5. The molecule has 1 saturated heterocycles. The van der Waals surface area contributed by atoms with Crippen LogP contribution in [-0.4, -0.2) is 25.8 Å². The number of rotatable bonds is 3. The van der Waals surface area contributed by atoms with E-state index >= 15 is 0 Å². The average Bonchev–Trinajstić information content (AvgIpc) is 2.94. The maximum atomic E-state index is 11.8. The molecule has 18 heavy (non-hydrogen) atoms. The zero-order valence-electron chi connectivity index (χ0n) is 12.3. The Morgan fingerprint density at radius 3 is 2.06 bits per heavy atom. The predicted molar refractivity (Wildman–Crippen MR) is 70.2 cm³/mol. The van der Waals surface area contributed by atoms with E-state index in [2.05, 4.69) is 27.7 Å². The Labute approximate surface area is 110 Å². The summed E-state index contributed by atoms with van der Waals surface area (Å²) in [6, 6.07) is 0. The van der Waals surface area contributed by atoms with E-state index in [9.17, 15) is 4.79 Å². The SMILES string of the molecule is COC(=O)CC1(C2CO2)CC(C)(C)CC(C)(C)C1. The van der Waals surface area contributed by atoms with Gasteiger partial charge < -0.3 is 9.47 Å². The van der Waals surface area contributed by atoms with Crippen LogP contribution in [0.15, 0.2) is 0 Å². The third-order valence-corrected chi connectivity index (χ3v) is 4.36. The molecule has 3 nitrogen and oxygen atoms in total. The lowest BCUT2D eigenvalue weighted by molar-refractivity contribution is -0.147. The van der Waals surface area contributed by atoms with Crippen LogP contribution in [-0.2, 0) is 14.3 Å². The fourth-order valence-electron chi connectivity index (χ4n) is 4.62. The topological polar surface area (TPSA) is 38.8 Å². The molecule has 1 saturated carbocycles. The van der Waals surface area contributed by atoms with Crippen molar-refractivity contribution in [2.75, 3.05) is 13.7 Å². The van der Waals surface area contributed by atoms with Crippen LogP contribution in [0, 0.1) is 16.2 Å². The number of hydrogen-bond acceptors (Lipinski definition) is 3. The van der Waals surface area contributed by atoms with Crippen molar-refractivity contribution in [1.82, 2.24) is 0 Å². The monoisotopic (exact) mass is 254 g/mol. The molecule has 0 N–H and O–H groups in total. The summed E-state index contributed by atoms with van der Waals surface area (Å²) in [5, 5.41) is 0.